The molecule has 19 heavy (non-hydrogen) atoms. The number of methoxy groups -OCH3 is 1. The Labute approximate surface area is 120 Å². The van der Waals surface area contributed by atoms with E-state index in [0.717, 1.165) is 35.8 Å². The third kappa shape index (κ3) is 3.22. The average molecular weight is 283 g/mol. The van der Waals surface area contributed by atoms with Gasteiger partial charge < -0.3 is 15.4 Å². The smallest absolute Gasteiger partial charge is 0.0772 e. The molecule has 1 aliphatic heterocycles. The molecule has 1 saturated heterocycles. The molecule has 2 N–H and O–H groups in total. The Bertz CT molecular complexity index is 436. The molecule has 1 fully saturated rings. The summed E-state index contributed by atoms with van der Waals surface area (Å²) in [6.07, 6.45) is 1.44. The molecule has 1 aromatic rings. The average Bonchev–Trinajstić information content (AvgIpc) is 2.38. The minimum Gasteiger partial charge on any atom is -0.379 e. The van der Waals surface area contributed by atoms with E-state index in [1.807, 2.05) is 19.1 Å². The number of rotatable bonds is 3. The van der Waals surface area contributed by atoms with E-state index >= 15 is 0 Å². The van der Waals surface area contributed by atoms with Crippen LogP contribution in [-0.4, -0.2) is 26.3 Å². The van der Waals surface area contributed by atoms with Gasteiger partial charge in [-0.1, -0.05) is 24.6 Å². The van der Waals surface area contributed by atoms with Gasteiger partial charge in [0, 0.05) is 37.0 Å². The number of benzene rings is 1. The van der Waals surface area contributed by atoms with Gasteiger partial charge in [0.1, 0.15) is 0 Å². The molecule has 2 rings (SSSR count). The number of piperidine rings is 1. The van der Waals surface area contributed by atoms with Gasteiger partial charge in [0.25, 0.3) is 0 Å². The molecule has 0 radical (unpaired) electrons. The summed E-state index contributed by atoms with van der Waals surface area (Å²) in [4.78, 5) is 2.34. The van der Waals surface area contributed by atoms with Gasteiger partial charge >= 0.3 is 0 Å². The van der Waals surface area contributed by atoms with E-state index in [9.17, 15) is 0 Å². The van der Waals surface area contributed by atoms with Crippen LogP contribution in [0.2, 0.25) is 5.02 Å². The number of ether oxygens (including phenoxy) is 1. The van der Waals surface area contributed by atoms with Crippen molar-refractivity contribution in [2.45, 2.75) is 32.4 Å². The van der Waals surface area contributed by atoms with E-state index in [-0.39, 0.29) is 6.04 Å². The summed E-state index contributed by atoms with van der Waals surface area (Å²) in [5.74, 6) is 0.611. The summed E-state index contributed by atoms with van der Waals surface area (Å²) in [6, 6.07) is 6.12. The largest absolute Gasteiger partial charge is 0.379 e. The number of nitrogens with two attached hydrogens (primary N) is 1. The number of anilines is 1. The van der Waals surface area contributed by atoms with Gasteiger partial charge in [-0.15, -0.1) is 0 Å². The van der Waals surface area contributed by atoms with Crippen LogP contribution in [0, 0.1) is 5.92 Å². The first kappa shape index (κ1) is 14.6. The second-order valence-corrected chi connectivity index (χ2v) is 5.89. The van der Waals surface area contributed by atoms with Crippen LogP contribution in [0.25, 0.3) is 0 Å². The molecule has 0 bridgehead atoms. The maximum absolute atomic E-state index is 6.30. The van der Waals surface area contributed by atoms with Crippen LogP contribution >= 0.6 is 11.6 Å². The Morgan fingerprint density at radius 3 is 2.79 bits per heavy atom. The fraction of sp³-hybridized carbons (Fsp3) is 0.600. The first-order valence-electron chi connectivity index (χ1n) is 6.85. The van der Waals surface area contributed by atoms with Crippen molar-refractivity contribution in [3.05, 3.63) is 28.8 Å². The van der Waals surface area contributed by atoms with Crippen molar-refractivity contribution in [2.75, 3.05) is 25.1 Å². The molecule has 1 aromatic carbocycles. The zero-order chi connectivity index (χ0) is 14.0. The van der Waals surface area contributed by atoms with Crippen molar-refractivity contribution < 1.29 is 4.74 Å². The predicted octanol–water partition coefficient (Wildman–Crippen LogP) is 3.22. The Hall–Kier alpha value is -0.770. The Morgan fingerprint density at radius 1 is 1.47 bits per heavy atom. The summed E-state index contributed by atoms with van der Waals surface area (Å²) in [5.41, 5.74) is 8.04. The predicted molar refractivity (Wildman–Crippen MR) is 80.8 cm³/mol. The molecule has 4 heteroatoms. The van der Waals surface area contributed by atoms with Gasteiger partial charge in [0.15, 0.2) is 0 Å². The lowest BCUT2D eigenvalue weighted by Gasteiger charge is -2.37. The van der Waals surface area contributed by atoms with Gasteiger partial charge in [-0.2, -0.15) is 0 Å². The van der Waals surface area contributed by atoms with Crippen LogP contribution in [0.4, 0.5) is 5.69 Å². The fourth-order valence-corrected chi connectivity index (χ4v) is 3.00. The normalized spacial score (nSPS) is 25.4. The molecule has 3 unspecified atom stereocenters. The van der Waals surface area contributed by atoms with Gasteiger partial charge in [-0.3, -0.25) is 0 Å². The van der Waals surface area contributed by atoms with Crippen molar-refractivity contribution in [1.82, 2.24) is 0 Å². The molecule has 0 amide bonds. The molecule has 0 aromatic heterocycles. The van der Waals surface area contributed by atoms with Gasteiger partial charge in [-0.25, -0.2) is 0 Å². The van der Waals surface area contributed by atoms with Crippen LogP contribution in [0.3, 0.4) is 0 Å². The lowest BCUT2D eigenvalue weighted by molar-refractivity contribution is 0.0498. The summed E-state index contributed by atoms with van der Waals surface area (Å²) < 4.78 is 5.55. The standard InChI is InChI=1S/C15H23ClN2O/c1-10-6-7-18(9-15(10)19-3)12-4-5-13(11(2)17)14(16)8-12/h4-5,8,10-11,15H,6-7,9,17H2,1-3H3. The minimum absolute atomic E-state index is 0.0327. The van der Waals surface area contributed by atoms with Crippen molar-refractivity contribution in [3.8, 4) is 0 Å². The van der Waals surface area contributed by atoms with E-state index in [0.29, 0.717) is 12.0 Å². The SMILES string of the molecule is COC1CN(c2ccc(C(C)N)c(Cl)c2)CCC1C. The zero-order valence-corrected chi connectivity index (χ0v) is 12.7. The number of nitrogens with zero attached hydrogens (tertiary/aromatic N) is 1. The summed E-state index contributed by atoms with van der Waals surface area (Å²) >= 11 is 6.30. The van der Waals surface area contributed by atoms with E-state index in [4.69, 9.17) is 22.1 Å². The highest BCUT2D eigenvalue weighted by Crippen LogP contribution is 2.30. The van der Waals surface area contributed by atoms with Gasteiger partial charge in [-0.05, 0) is 37.0 Å². The fourth-order valence-electron chi connectivity index (χ4n) is 2.66. The van der Waals surface area contributed by atoms with Crippen molar-refractivity contribution in [1.29, 1.82) is 0 Å². The van der Waals surface area contributed by atoms with Crippen molar-refractivity contribution in [2.24, 2.45) is 11.7 Å². The van der Waals surface area contributed by atoms with Crippen LogP contribution in [0.1, 0.15) is 31.9 Å². The monoisotopic (exact) mass is 282 g/mol. The van der Waals surface area contributed by atoms with Gasteiger partial charge in [0.2, 0.25) is 0 Å². The Morgan fingerprint density at radius 2 is 2.21 bits per heavy atom. The molecule has 0 saturated carbocycles. The first-order valence-corrected chi connectivity index (χ1v) is 7.23. The Balaban J connectivity index is 2.16. The first-order chi connectivity index (χ1) is 9.02. The number of hydrogen-bond donors (Lipinski definition) is 1. The van der Waals surface area contributed by atoms with Crippen LogP contribution in [-0.2, 0) is 4.74 Å². The van der Waals surface area contributed by atoms with E-state index < -0.39 is 0 Å². The van der Waals surface area contributed by atoms with Crippen LogP contribution in [0.15, 0.2) is 18.2 Å². The molecule has 0 spiro atoms. The topological polar surface area (TPSA) is 38.5 Å². The van der Waals surface area contributed by atoms with E-state index in [1.54, 1.807) is 7.11 Å². The molecular formula is C15H23ClN2O. The molecule has 1 heterocycles. The molecule has 106 valence electrons. The maximum atomic E-state index is 6.30. The molecule has 1 aliphatic rings. The van der Waals surface area contributed by atoms with Crippen molar-refractivity contribution in [3.63, 3.8) is 0 Å². The highest BCUT2D eigenvalue weighted by Gasteiger charge is 2.26. The van der Waals surface area contributed by atoms with Gasteiger partial charge in [0.05, 0.1) is 6.10 Å². The third-order valence-electron chi connectivity index (χ3n) is 4.03. The maximum Gasteiger partial charge on any atom is 0.0772 e. The molecular weight excluding hydrogens is 260 g/mol. The second kappa shape index (κ2) is 6.12. The highest BCUT2D eigenvalue weighted by molar-refractivity contribution is 6.31. The highest BCUT2D eigenvalue weighted by atomic mass is 35.5. The molecule has 3 nitrogen and oxygen atoms in total. The third-order valence-corrected chi connectivity index (χ3v) is 4.36. The number of hydrogen-bond acceptors (Lipinski definition) is 3. The van der Waals surface area contributed by atoms with Crippen LogP contribution < -0.4 is 10.6 Å². The Kier molecular flexibility index (Phi) is 4.71. The summed E-state index contributed by atoms with van der Waals surface area (Å²) in [6.45, 7) is 6.17. The lowest BCUT2D eigenvalue weighted by Crippen LogP contribution is -2.43. The quantitative estimate of drug-likeness (QED) is 0.925. The molecule has 3 atom stereocenters. The van der Waals surface area contributed by atoms with Crippen LogP contribution in [0.5, 0.6) is 0 Å². The summed E-state index contributed by atoms with van der Waals surface area (Å²) in [7, 11) is 1.79. The zero-order valence-electron chi connectivity index (χ0n) is 11.9. The lowest BCUT2D eigenvalue weighted by atomic mass is 9.95. The van der Waals surface area contributed by atoms with Crippen molar-refractivity contribution >= 4 is 17.3 Å². The van der Waals surface area contributed by atoms with E-state index in [2.05, 4.69) is 17.9 Å². The minimum atomic E-state index is -0.0327. The van der Waals surface area contributed by atoms with E-state index in [1.165, 1.54) is 0 Å². The second-order valence-electron chi connectivity index (χ2n) is 5.48. The molecule has 0 aliphatic carbocycles. The number of halogens is 1. The summed E-state index contributed by atoms with van der Waals surface area (Å²) in [5, 5.41) is 0.750.